The molecule has 1 saturated carbocycles. The summed E-state index contributed by atoms with van der Waals surface area (Å²) >= 11 is 0. The number of nitrogens with zero attached hydrogens (tertiary/aromatic N) is 2. The second kappa shape index (κ2) is 5.99. The smallest absolute Gasteiger partial charge is 0.228 e. The Kier molecular flexibility index (Phi) is 3.83. The molecule has 23 heavy (non-hydrogen) atoms. The summed E-state index contributed by atoms with van der Waals surface area (Å²) in [5.41, 5.74) is 2.61. The maximum Gasteiger partial charge on any atom is 0.228 e. The summed E-state index contributed by atoms with van der Waals surface area (Å²) in [6.45, 7) is 2.12. The van der Waals surface area contributed by atoms with Crippen LogP contribution in [0, 0.1) is 5.92 Å². The van der Waals surface area contributed by atoms with Crippen molar-refractivity contribution in [1.29, 1.82) is 0 Å². The van der Waals surface area contributed by atoms with E-state index in [9.17, 15) is 9.59 Å². The Bertz CT molecular complexity index is 622. The quantitative estimate of drug-likeness (QED) is 0.841. The second-order valence-electron chi connectivity index (χ2n) is 7.16. The minimum Gasteiger partial charge on any atom is -0.339 e. The average Bonchev–Trinajstić information content (AvgIpc) is 3.23. The van der Waals surface area contributed by atoms with Crippen molar-refractivity contribution >= 4 is 11.8 Å². The van der Waals surface area contributed by atoms with E-state index in [-0.39, 0.29) is 17.7 Å². The number of amides is 2. The Morgan fingerprint density at radius 3 is 2.61 bits per heavy atom. The molecule has 0 spiro atoms. The van der Waals surface area contributed by atoms with E-state index in [2.05, 4.69) is 18.2 Å². The summed E-state index contributed by atoms with van der Waals surface area (Å²) in [5.74, 6) is 0.231. The number of carbonyl (C=O) groups excluding carboxylic acids is 2. The van der Waals surface area contributed by atoms with Gasteiger partial charge in [0.2, 0.25) is 11.8 Å². The van der Waals surface area contributed by atoms with E-state index in [1.807, 2.05) is 15.9 Å². The lowest BCUT2D eigenvalue weighted by Crippen LogP contribution is -2.41. The van der Waals surface area contributed by atoms with Crippen LogP contribution in [-0.4, -0.2) is 40.7 Å². The molecular formula is C19H24N2O2. The lowest BCUT2D eigenvalue weighted by molar-refractivity contribution is -0.136. The molecule has 1 aromatic carbocycles. The molecule has 2 aliphatic heterocycles. The fourth-order valence-electron chi connectivity index (χ4n) is 4.41. The number of benzene rings is 1. The van der Waals surface area contributed by atoms with Gasteiger partial charge in [-0.2, -0.15) is 0 Å². The predicted molar refractivity (Wildman–Crippen MR) is 87.6 cm³/mol. The van der Waals surface area contributed by atoms with Crippen molar-refractivity contribution in [2.45, 2.75) is 51.1 Å². The van der Waals surface area contributed by atoms with E-state index in [1.165, 1.54) is 24.0 Å². The van der Waals surface area contributed by atoms with Crippen LogP contribution in [0.15, 0.2) is 24.3 Å². The summed E-state index contributed by atoms with van der Waals surface area (Å²) < 4.78 is 0. The molecule has 2 amide bonds. The molecule has 3 aliphatic rings. The fraction of sp³-hybridized carbons (Fsp3) is 0.579. The first-order chi connectivity index (χ1) is 11.2. The topological polar surface area (TPSA) is 40.6 Å². The summed E-state index contributed by atoms with van der Waals surface area (Å²) in [6.07, 6.45) is 6.00. The highest BCUT2D eigenvalue weighted by molar-refractivity contribution is 5.89. The van der Waals surface area contributed by atoms with Crippen molar-refractivity contribution in [3.05, 3.63) is 35.4 Å². The normalized spacial score (nSPS) is 25.0. The molecule has 2 heterocycles. The van der Waals surface area contributed by atoms with Crippen molar-refractivity contribution in [3.63, 3.8) is 0 Å². The van der Waals surface area contributed by atoms with E-state index in [4.69, 9.17) is 0 Å². The van der Waals surface area contributed by atoms with Crippen LogP contribution in [0.3, 0.4) is 0 Å². The van der Waals surface area contributed by atoms with E-state index in [1.54, 1.807) is 0 Å². The SMILES string of the molecule is O=C(C1CC(=O)N(C2CCCC2)C1)N1CCc2ccccc2C1. The standard InChI is InChI=1S/C19H24N2O2/c22-18-11-16(13-21(18)17-7-3-4-8-17)19(23)20-10-9-14-5-1-2-6-15(14)12-20/h1-2,5-6,16-17H,3-4,7-13H2. The zero-order chi connectivity index (χ0) is 15.8. The molecule has 0 radical (unpaired) electrons. The molecule has 1 saturated heterocycles. The van der Waals surface area contributed by atoms with Crippen LogP contribution in [0.4, 0.5) is 0 Å². The Balaban J connectivity index is 1.43. The Hall–Kier alpha value is -1.84. The first-order valence-corrected chi connectivity index (χ1v) is 8.87. The fourth-order valence-corrected chi connectivity index (χ4v) is 4.41. The minimum absolute atomic E-state index is 0.131. The van der Waals surface area contributed by atoms with Crippen LogP contribution in [0.5, 0.6) is 0 Å². The van der Waals surface area contributed by atoms with Crippen molar-refractivity contribution in [1.82, 2.24) is 9.80 Å². The lowest BCUT2D eigenvalue weighted by atomic mass is 9.98. The maximum absolute atomic E-state index is 12.9. The molecule has 1 aromatic rings. The molecule has 0 aromatic heterocycles. The van der Waals surface area contributed by atoms with Gasteiger partial charge in [-0.15, -0.1) is 0 Å². The lowest BCUT2D eigenvalue weighted by Gasteiger charge is -2.31. The molecule has 1 atom stereocenters. The van der Waals surface area contributed by atoms with Gasteiger partial charge < -0.3 is 9.80 Å². The van der Waals surface area contributed by atoms with Crippen LogP contribution in [0.2, 0.25) is 0 Å². The van der Waals surface area contributed by atoms with Gasteiger partial charge in [0, 0.05) is 32.1 Å². The largest absolute Gasteiger partial charge is 0.339 e. The third kappa shape index (κ3) is 2.75. The molecule has 0 bridgehead atoms. The van der Waals surface area contributed by atoms with Crippen molar-refractivity contribution in [2.24, 2.45) is 5.92 Å². The summed E-state index contributed by atoms with van der Waals surface area (Å²) in [6, 6.07) is 8.75. The van der Waals surface area contributed by atoms with Gasteiger partial charge in [-0.25, -0.2) is 0 Å². The Morgan fingerprint density at radius 2 is 1.83 bits per heavy atom. The first-order valence-electron chi connectivity index (χ1n) is 8.87. The van der Waals surface area contributed by atoms with Gasteiger partial charge in [-0.05, 0) is 30.4 Å². The maximum atomic E-state index is 12.9. The molecule has 4 nitrogen and oxygen atoms in total. The van der Waals surface area contributed by atoms with E-state index < -0.39 is 0 Å². The van der Waals surface area contributed by atoms with E-state index in [0.717, 1.165) is 25.8 Å². The van der Waals surface area contributed by atoms with Crippen LogP contribution in [0.25, 0.3) is 0 Å². The summed E-state index contributed by atoms with van der Waals surface area (Å²) in [4.78, 5) is 29.1. The van der Waals surface area contributed by atoms with Crippen LogP contribution >= 0.6 is 0 Å². The van der Waals surface area contributed by atoms with Gasteiger partial charge in [-0.3, -0.25) is 9.59 Å². The number of carbonyl (C=O) groups is 2. The third-order valence-corrected chi connectivity index (χ3v) is 5.72. The van der Waals surface area contributed by atoms with Crippen molar-refractivity contribution < 1.29 is 9.59 Å². The summed E-state index contributed by atoms with van der Waals surface area (Å²) in [5, 5.41) is 0. The molecule has 0 N–H and O–H groups in total. The second-order valence-corrected chi connectivity index (χ2v) is 7.16. The highest BCUT2D eigenvalue weighted by atomic mass is 16.2. The number of rotatable bonds is 2. The molecule has 1 unspecified atom stereocenters. The molecule has 122 valence electrons. The van der Waals surface area contributed by atoms with Crippen LogP contribution in [-0.2, 0) is 22.6 Å². The number of hydrogen-bond donors (Lipinski definition) is 0. The first kappa shape index (κ1) is 14.7. The molecule has 2 fully saturated rings. The number of likely N-dealkylation sites (tertiary alicyclic amines) is 1. The van der Waals surface area contributed by atoms with Gasteiger partial charge in [0.25, 0.3) is 0 Å². The number of fused-ring (bicyclic) bond motifs is 1. The average molecular weight is 312 g/mol. The van der Waals surface area contributed by atoms with Gasteiger partial charge in [0.05, 0.1) is 5.92 Å². The van der Waals surface area contributed by atoms with Crippen LogP contribution < -0.4 is 0 Å². The van der Waals surface area contributed by atoms with Crippen molar-refractivity contribution in [3.8, 4) is 0 Å². The highest BCUT2D eigenvalue weighted by Gasteiger charge is 2.40. The predicted octanol–water partition coefficient (Wildman–Crippen LogP) is 2.36. The van der Waals surface area contributed by atoms with Crippen molar-refractivity contribution in [2.75, 3.05) is 13.1 Å². The monoisotopic (exact) mass is 312 g/mol. The third-order valence-electron chi connectivity index (χ3n) is 5.72. The Morgan fingerprint density at radius 1 is 1.09 bits per heavy atom. The van der Waals surface area contributed by atoms with E-state index in [0.29, 0.717) is 25.6 Å². The molecule has 4 heteroatoms. The highest BCUT2D eigenvalue weighted by Crippen LogP contribution is 2.31. The van der Waals surface area contributed by atoms with Gasteiger partial charge in [0.15, 0.2) is 0 Å². The van der Waals surface area contributed by atoms with Crippen LogP contribution in [0.1, 0.15) is 43.2 Å². The zero-order valence-electron chi connectivity index (χ0n) is 13.5. The van der Waals surface area contributed by atoms with Gasteiger partial charge >= 0.3 is 0 Å². The minimum atomic E-state index is -0.131. The molecular weight excluding hydrogens is 288 g/mol. The zero-order valence-corrected chi connectivity index (χ0v) is 13.5. The summed E-state index contributed by atoms with van der Waals surface area (Å²) in [7, 11) is 0. The van der Waals surface area contributed by atoms with E-state index >= 15 is 0 Å². The molecule has 1 aliphatic carbocycles. The van der Waals surface area contributed by atoms with Gasteiger partial charge in [0.1, 0.15) is 0 Å². The Labute approximate surface area is 137 Å². The van der Waals surface area contributed by atoms with Gasteiger partial charge in [-0.1, -0.05) is 37.1 Å². The number of hydrogen-bond acceptors (Lipinski definition) is 2. The molecule has 4 rings (SSSR count).